The summed E-state index contributed by atoms with van der Waals surface area (Å²) in [5, 5.41) is 3.65. The molecule has 0 unspecified atom stereocenters. The Balaban J connectivity index is 1.51. The van der Waals surface area contributed by atoms with Crippen LogP contribution in [0.5, 0.6) is 5.75 Å². The summed E-state index contributed by atoms with van der Waals surface area (Å²) in [6, 6.07) is 11.2. The minimum atomic E-state index is 0.619. The summed E-state index contributed by atoms with van der Waals surface area (Å²) in [6.07, 6.45) is 6.20. The van der Waals surface area contributed by atoms with Crippen LogP contribution in [-0.2, 0) is 6.54 Å². The molecule has 1 aromatic heterocycles. The summed E-state index contributed by atoms with van der Waals surface area (Å²) in [7, 11) is 1.72. The lowest BCUT2D eigenvalue weighted by Gasteiger charge is -2.36. The zero-order valence-corrected chi connectivity index (χ0v) is 12.7. The number of benzene rings is 1. The average molecular weight is 282 g/mol. The van der Waals surface area contributed by atoms with Gasteiger partial charge in [0, 0.05) is 25.0 Å². The van der Waals surface area contributed by atoms with Crippen LogP contribution in [0.15, 0.2) is 42.7 Å². The van der Waals surface area contributed by atoms with E-state index in [0.717, 1.165) is 12.3 Å². The minimum Gasteiger partial charge on any atom is -0.497 e. The van der Waals surface area contributed by atoms with Gasteiger partial charge in [0.1, 0.15) is 5.75 Å². The van der Waals surface area contributed by atoms with E-state index in [9.17, 15) is 0 Å². The normalized spacial score (nSPS) is 20.9. The van der Waals surface area contributed by atoms with Crippen LogP contribution in [0.3, 0.4) is 0 Å². The number of aryl methyl sites for hydroxylation is 1. The summed E-state index contributed by atoms with van der Waals surface area (Å²) in [6.45, 7) is 3.05. The van der Waals surface area contributed by atoms with E-state index in [1.165, 1.54) is 29.5 Å². The Morgan fingerprint density at radius 2 is 2.14 bits per heavy atom. The van der Waals surface area contributed by atoms with Gasteiger partial charge in [0.15, 0.2) is 0 Å². The standard InChI is InChI=1S/C18H22N2O/c1-13-11-19-7-6-15(13)12-20-17-8-16(9-17)14-4-3-5-18(10-14)21-2/h3-7,10-11,16-17,20H,8-9,12H2,1-2H3. The van der Waals surface area contributed by atoms with Crippen LogP contribution in [0.1, 0.15) is 35.4 Å². The fraction of sp³-hybridized carbons (Fsp3) is 0.389. The highest BCUT2D eigenvalue weighted by Gasteiger charge is 2.29. The van der Waals surface area contributed by atoms with E-state index in [-0.39, 0.29) is 0 Å². The summed E-state index contributed by atoms with van der Waals surface area (Å²) < 4.78 is 5.30. The van der Waals surface area contributed by atoms with Crippen molar-refractivity contribution in [2.75, 3.05) is 7.11 Å². The molecule has 110 valence electrons. The molecule has 1 fully saturated rings. The average Bonchev–Trinajstić information content (AvgIpc) is 2.47. The van der Waals surface area contributed by atoms with Gasteiger partial charge in [-0.1, -0.05) is 12.1 Å². The maximum absolute atomic E-state index is 5.30. The Morgan fingerprint density at radius 3 is 2.90 bits per heavy atom. The Kier molecular flexibility index (Phi) is 4.20. The van der Waals surface area contributed by atoms with Crippen LogP contribution >= 0.6 is 0 Å². The van der Waals surface area contributed by atoms with Gasteiger partial charge in [0.2, 0.25) is 0 Å². The maximum Gasteiger partial charge on any atom is 0.119 e. The minimum absolute atomic E-state index is 0.619. The van der Waals surface area contributed by atoms with Crippen molar-refractivity contribution in [3.8, 4) is 5.75 Å². The van der Waals surface area contributed by atoms with Crippen molar-refractivity contribution < 1.29 is 4.74 Å². The summed E-state index contributed by atoms with van der Waals surface area (Å²) >= 11 is 0. The molecule has 1 N–H and O–H groups in total. The second-order valence-corrected chi connectivity index (χ2v) is 5.82. The van der Waals surface area contributed by atoms with Gasteiger partial charge in [-0.2, -0.15) is 0 Å². The third-order valence-corrected chi connectivity index (χ3v) is 4.42. The second kappa shape index (κ2) is 6.27. The molecule has 3 nitrogen and oxygen atoms in total. The van der Waals surface area contributed by atoms with Crippen LogP contribution in [0.2, 0.25) is 0 Å². The highest BCUT2D eigenvalue weighted by atomic mass is 16.5. The molecule has 3 rings (SSSR count). The zero-order chi connectivity index (χ0) is 14.7. The van der Waals surface area contributed by atoms with Crippen molar-refractivity contribution in [3.05, 3.63) is 59.4 Å². The quantitative estimate of drug-likeness (QED) is 0.912. The first-order valence-electron chi connectivity index (χ1n) is 7.53. The highest BCUT2D eigenvalue weighted by Crippen LogP contribution is 2.38. The number of hydrogen-bond donors (Lipinski definition) is 1. The molecular formula is C18H22N2O. The molecule has 1 aromatic carbocycles. The highest BCUT2D eigenvalue weighted by molar-refractivity contribution is 5.32. The van der Waals surface area contributed by atoms with Crippen molar-refractivity contribution in [2.24, 2.45) is 0 Å². The monoisotopic (exact) mass is 282 g/mol. The van der Waals surface area contributed by atoms with E-state index >= 15 is 0 Å². The molecule has 1 aliphatic rings. The molecule has 21 heavy (non-hydrogen) atoms. The predicted octanol–water partition coefficient (Wildman–Crippen LogP) is 3.43. The summed E-state index contributed by atoms with van der Waals surface area (Å²) in [4.78, 5) is 4.13. The Labute approximate surface area is 126 Å². The third-order valence-electron chi connectivity index (χ3n) is 4.42. The fourth-order valence-corrected chi connectivity index (χ4v) is 2.91. The topological polar surface area (TPSA) is 34.1 Å². The van der Waals surface area contributed by atoms with E-state index < -0.39 is 0 Å². The van der Waals surface area contributed by atoms with Crippen molar-refractivity contribution >= 4 is 0 Å². The third kappa shape index (κ3) is 3.24. The smallest absolute Gasteiger partial charge is 0.119 e. The van der Waals surface area contributed by atoms with E-state index in [2.05, 4.69) is 41.5 Å². The molecule has 0 atom stereocenters. The van der Waals surface area contributed by atoms with Crippen molar-refractivity contribution in [1.29, 1.82) is 0 Å². The van der Waals surface area contributed by atoms with Crippen molar-refractivity contribution in [2.45, 2.75) is 38.3 Å². The molecule has 1 saturated carbocycles. The van der Waals surface area contributed by atoms with Gasteiger partial charge >= 0.3 is 0 Å². The van der Waals surface area contributed by atoms with Crippen LogP contribution in [0.25, 0.3) is 0 Å². The largest absolute Gasteiger partial charge is 0.497 e. The summed E-state index contributed by atoms with van der Waals surface area (Å²) in [5.41, 5.74) is 4.00. The molecule has 0 spiro atoms. The number of ether oxygens (including phenoxy) is 1. The van der Waals surface area contributed by atoms with Crippen LogP contribution < -0.4 is 10.1 Å². The molecule has 0 amide bonds. The van der Waals surface area contributed by atoms with Crippen molar-refractivity contribution in [1.82, 2.24) is 10.3 Å². The van der Waals surface area contributed by atoms with Gasteiger partial charge in [0.05, 0.1) is 7.11 Å². The number of aromatic nitrogens is 1. The lowest BCUT2D eigenvalue weighted by atomic mass is 9.76. The van der Waals surface area contributed by atoms with Gasteiger partial charge in [0.25, 0.3) is 0 Å². The van der Waals surface area contributed by atoms with E-state index in [0.29, 0.717) is 12.0 Å². The van der Waals surface area contributed by atoms with Crippen molar-refractivity contribution in [3.63, 3.8) is 0 Å². The first kappa shape index (κ1) is 14.1. The van der Waals surface area contributed by atoms with Crippen LogP contribution in [-0.4, -0.2) is 18.1 Å². The summed E-state index contributed by atoms with van der Waals surface area (Å²) in [5.74, 6) is 1.62. The molecule has 1 heterocycles. The Hall–Kier alpha value is -1.87. The zero-order valence-electron chi connectivity index (χ0n) is 12.7. The van der Waals surface area contributed by atoms with E-state index in [1.54, 1.807) is 7.11 Å². The SMILES string of the molecule is COc1cccc(C2CC(NCc3ccncc3C)C2)c1. The van der Waals surface area contributed by atoms with E-state index in [4.69, 9.17) is 4.74 Å². The molecule has 0 radical (unpaired) electrons. The van der Waals surface area contributed by atoms with Gasteiger partial charge in [-0.3, -0.25) is 4.98 Å². The molecule has 1 aliphatic carbocycles. The Bertz CT molecular complexity index is 606. The van der Waals surface area contributed by atoms with E-state index in [1.807, 2.05) is 18.5 Å². The van der Waals surface area contributed by atoms with Crippen LogP contribution in [0, 0.1) is 6.92 Å². The fourth-order valence-electron chi connectivity index (χ4n) is 2.91. The number of methoxy groups -OCH3 is 1. The number of rotatable bonds is 5. The predicted molar refractivity (Wildman–Crippen MR) is 84.6 cm³/mol. The molecule has 3 heteroatoms. The molecular weight excluding hydrogens is 260 g/mol. The van der Waals surface area contributed by atoms with Gasteiger partial charge in [-0.15, -0.1) is 0 Å². The molecule has 0 aliphatic heterocycles. The van der Waals surface area contributed by atoms with Gasteiger partial charge < -0.3 is 10.1 Å². The second-order valence-electron chi connectivity index (χ2n) is 5.82. The maximum atomic E-state index is 5.30. The first-order valence-corrected chi connectivity index (χ1v) is 7.53. The molecule has 0 saturated heterocycles. The number of nitrogens with zero attached hydrogens (tertiary/aromatic N) is 1. The van der Waals surface area contributed by atoms with Crippen LogP contribution in [0.4, 0.5) is 0 Å². The number of hydrogen-bond acceptors (Lipinski definition) is 3. The lowest BCUT2D eigenvalue weighted by Crippen LogP contribution is -2.39. The number of pyridine rings is 1. The first-order chi connectivity index (χ1) is 10.3. The van der Waals surface area contributed by atoms with Gasteiger partial charge in [-0.25, -0.2) is 0 Å². The van der Waals surface area contributed by atoms with Gasteiger partial charge in [-0.05, 0) is 60.6 Å². The molecule has 0 bridgehead atoms. The number of nitrogens with one attached hydrogen (secondary N) is 1. The lowest BCUT2D eigenvalue weighted by molar-refractivity contribution is 0.288. The molecule has 2 aromatic rings. The Morgan fingerprint density at radius 1 is 1.29 bits per heavy atom.